The van der Waals surface area contributed by atoms with Crippen LogP contribution in [0.1, 0.15) is 31.2 Å². The van der Waals surface area contributed by atoms with Gasteiger partial charge in [0.15, 0.2) is 0 Å². The second kappa shape index (κ2) is 4.09. The maximum Gasteiger partial charge on any atom is 0.244 e. The van der Waals surface area contributed by atoms with E-state index in [1.807, 2.05) is 6.07 Å². The Kier molecular flexibility index (Phi) is 2.46. The second-order valence-electron chi connectivity index (χ2n) is 3.97. The van der Waals surface area contributed by atoms with Crippen molar-refractivity contribution in [3.8, 4) is 11.4 Å². The molecule has 0 saturated carbocycles. The lowest BCUT2D eigenvalue weighted by Gasteiger charge is -2.19. The van der Waals surface area contributed by atoms with Crippen LogP contribution in [0.4, 0.5) is 0 Å². The number of piperidine rings is 1. The van der Waals surface area contributed by atoms with E-state index in [2.05, 4.69) is 15.5 Å². The van der Waals surface area contributed by atoms with Crippen LogP contribution in [-0.4, -0.2) is 16.7 Å². The van der Waals surface area contributed by atoms with Gasteiger partial charge in [-0.25, -0.2) is 0 Å². The highest BCUT2D eigenvalue weighted by Crippen LogP contribution is 2.24. The highest BCUT2D eigenvalue weighted by molar-refractivity contribution is 5.51. The summed E-state index contributed by atoms with van der Waals surface area (Å²) in [4.78, 5) is 4.38. The van der Waals surface area contributed by atoms with Gasteiger partial charge in [-0.3, -0.25) is 0 Å². The standard InChI is InChI=1S/C11H13N3O2/c1-2-5-12-9(3-1)11-13-10(14-16-11)8-4-6-15-7-8/h4,6-7,9,12H,1-3,5H2. The fraction of sp³-hybridized carbons (Fsp3) is 0.455. The average molecular weight is 219 g/mol. The molecule has 0 bridgehead atoms. The van der Waals surface area contributed by atoms with Gasteiger partial charge in [0.25, 0.3) is 0 Å². The highest BCUT2D eigenvalue weighted by atomic mass is 16.5. The smallest absolute Gasteiger partial charge is 0.244 e. The minimum atomic E-state index is 0.210. The molecule has 2 aromatic heterocycles. The molecule has 1 saturated heterocycles. The summed E-state index contributed by atoms with van der Waals surface area (Å²) in [5.74, 6) is 1.27. The highest BCUT2D eigenvalue weighted by Gasteiger charge is 2.21. The Balaban J connectivity index is 1.82. The van der Waals surface area contributed by atoms with E-state index in [-0.39, 0.29) is 6.04 Å². The summed E-state index contributed by atoms with van der Waals surface area (Å²) in [5, 5.41) is 7.32. The number of hydrogen-bond acceptors (Lipinski definition) is 5. The van der Waals surface area contributed by atoms with Gasteiger partial charge in [0.05, 0.1) is 17.9 Å². The van der Waals surface area contributed by atoms with Crippen LogP contribution in [0.15, 0.2) is 27.5 Å². The predicted octanol–water partition coefficient (Wildman–Crippen LogP) is 2.14. The Morgan fingerprint density at radius 1 is 1.38 bits per heavy atom. The minimum Gasteiger partial charge on any atom is -0.472 e. The molecule has 3 rings (SSSR count). The van der Waals surface area contributed by atoms with E-state index in [0.717, 1.165) is 18.5 Å². The van der Waals surface area contributed by atoms with Gasteiger partial charge in [-0.05, 0) is 25.5 Å². The molecule has 0 aliphatic carbocycles. The molecule has 1 atom stereocenters. The molecule has 1 aliphatic heterocycles. The molecule has 0 amide bonds. The molecular formula is C11H13N3O2. The summed E-state index contributed by atoms with van der Waals surface area (Å²) in [6, 6.07) is 2.03. The Bertz CT molecular complexity index is 444. The van der Waals surface area contributed by atoms with Crippen LogP contribution < -0.4 is 5.32 Å². The Hall–Kier alpha value is -1.62. The van der Waals surface area contributed by atoms with Crippen LogP contribution in [0, 0.1) is 0 Å². The van der Waals surface area contributed by atoms with Crippen LogP contribution in [0.25, 0.3) is 11.4 Å². The van der Waals surface area contributed by atoms with Crippen LogP contribution >= 0.6 is 0 Å². The maximum atomic E-state index is 5.26. The third-order valence-corrected chi connectivity index (χ3v) is 2.83. The first-order valence-corrected chi connectivity index (χ1v) is 5.53. The molecule has 0 radical (unpaired) electrons. The first-order valence-electron chi connectivity index (χ1n) is 5.53. The molecule has 1 fully saturated rings. The van der Waals surface area contributed by atoms with Gasteiger partial charge in [0, 0.05) is 0 Å². The zero-order valence-electron chi connectivity index (χ0n) is 8.85. The van der Waals surface area contributed by atoms with E-state index < -0.39 is 0 Å². The lowest BCUT2D eigenvalue weighted by molar-refractivity contribution is 0.297. The van der Waals surface area contributed by atoms with Crippen molar-refractivity contribution in [1.82, 2.24) is 15.5 Å². The van der Waals surface area contributed by atoms with Crippen LogP contribution in [-0.2, 0) is 0 Å². The minimum absolute atomic E-state index is 0.210. The summed E-state index contributed by atoms with van der Waals surface area (Å²) in [6.45, 7) is 1.02. The van der Waals surface area contributed by atoms with Crippen molar-refractivity contribution in [3.05, 3.63) is 24.5 Å². The number of nitrogens with one attached hydrogen (secondary N) is 1. The van der Waals surface area contributed by atoms with Crippen molar-refractivity contribution < 1.29 is 8.94 Å². The summed E-state index contributed by atoms with van der Waals surface area (Å²) < 4.78 is 10.2. The molecule has 5 heteroatoms. The number of furan rings is 1. The Labute approximate surface area is 92.8 Å². The number of hydrogen-bond donors (Lipinski definition) is 1. The third kappa shape index (κ3) is 1.74. The predicted molar refractivity (Wildman–Crippen MR) is 56.6 cm³/mol. The van der Waals surface area contributed by atoms with E-state index in [0.29, 0.717) is 11.7 Å². The zero-order valence-corrected chi connectivity index (χ0v) is 8.85. The lowest BCUT2D eigenvalue weighted by atomic mass is 10.1. The number of aromatic nitrogens is 2. The van der Waals surface area contributed by atoms with Crippen LogP contribution in [0.5, 0.6) is 0 Å². The van der Waals surface area contributed by atoms with Crippen molar-refractivity contribution in [2.75, 3.05) is 6.54 Å². The monoisotopic (exact) mass is 219 g/mol. The summed E-state index contributed by atoms with van der Waals surface area (Å²) in [7, 11) is 0. The van der Waals surface area contributed by atoms with Gasteiger partial charge < -0.3 is 14.3 Å². The molecule has 0 aromatic carbocycles. The van der Waals surface area contributed by atoms with Crippen LogP contribution in [0.2, 0.25) is 0 Å². The number of nitrogens with zero attached hydrogens (tertiary/aromatic N) is 2. The molecule has 2 aromatic rings. The third-order valence-electron chi connectivity index (χ3n) is 2.83. The van der Waals surface area contributed by atoms with Gasteiger partial charge in [0.1, 0.15) is 6.26 Å². The first-order chi connectivity index (χ1) is 7.93. The molecule has 1 N–H and O–H groups in total. The van der Waals surface area contributed by atoms with Gasteiger partial charge >= 0.3 is 0 Å². The largest absolute Gasteiger partial charge is 0.472 e. The lowest BCUT2D eigenvalue weighted by Crippen LogP contribution is -2.26. The fourth-order valence-electron chi connectivity index (χ4n) is 1.95. The van der Waals surface area contributed by atoms with E-state index >= 15 is 0 Å². The van der Waals surface area contributed by atoms with Crippen molar-refractivity contribution in [2.24, 2.45) is 0 Å². The van der Waals surface area contributed by atoms with E-state index in [4.69, 9.17) is 8.94 Å². The van der Waals surface area contributed by atoms with Crippen molar-refractivity contribution in [1.29, 1.82) is 0 Å². The molecule has 84 valence electrons. The summed E-state index contributed by atoms with van der Waals surface area (Å²) in [6.07, 6.45) is 6.71. The van der Waals surface area contributed by atoms with Gasteiger partial charge in [0.2, 0.25) is 11.7 Å². The number of rotatable bonds is 2. The zero-order chi connectivity index (χ0) is 10.8. The Morgan fingerprint density at radius 2 is 2.38 bits per heavy atom. The van der Waals surface area contributed by atoms with Gasteiger partial charge in [-0.1, -0.05) is 11.6 Å². The molecule has 0 spiro atoms. The van der Waals surface area contributed by atoms with Gasteiger partial charge in [-0.15, -0.1) is 0 Å². The van der Waals surface area contributed by atoms with Crippen LogP contribution in [0.3, 0.4) is 0 Å². The van der Waals surface area contributed by atoms with E-state index in [1.165, 1.54) is 12.8 Å². The normalized spacial score (nSPS) is 21.1. The average Bonchev–Trinajstić information content (AvgIpc) is 3.01. The molecule has 1 unspecified atom stereocenters. The SMILES string of the molecule is c1cc(-c2noc(C3CCCCN3)n2)co1. The maximum absolute atomic E-state index is 5.26. The van der Waals surface area contributed by atoms with E-state index in [1.54, 1.807) is 12.5 Å². The van der Waals surface area contributed by atoms with Crippen molar-refractivity contribution in [3.63, 3.8) is 0 Å². The molecular weight excluding hydrogens is 206 g/mol. The molecule has 1 aliphatic rings. The topological polar surface area (TPSA) is 64.1 Å². The Morgan fingerprint density at radius 3 is 3.12 bits per heavy atom. The molecule has 16 heavy (non-hydrogen) atoms. The summed E-state index contributed by atoms with van der Waals surface area (Å²) >= 11 is 0. The molecule has 5 nitrogen and oxygen atoms in total. The molecule has 3 heterocycles. The van der Waals surface area contributed by atoms with E-state index in [9.17, 15) is 0 Å². The summed E-state index contributed by atoms with van der Waals surface area (Å²) in [5.41, 5.74) is 0.853. The first kappa shape index (κ1) is 9.59. The van der Waals surface area contributed by atoms with Crippen molar-refractivity contribution in [2.45, 2.75) is 25.3 Å². The van der Waals surface area contributed by atoms with Crippen molar-refractivity contribution >= 4 is 0 Å². The quantitative estimate of drug-likeness (QED) is 0.838. The van der Waals surface area contributed by atoms with Gasteiger partial charge in [-0.2, -0.15) is 4.98 Å². The fourth-order valence-corrected chi connectivity index (χ4v) is 1.95. The second-order valence-corrected chi connectivity index (χ2v) is 3.97.